The van der Waals surface area contributed by atoms with Gasteiger partial charge in [-0.25, -0.2) is 0 Å². The van der Waals surface area contributed by atoms with Crippen molar-refractivity contribution >= 4 is 0 Å². The van der Waals surface area contributed by atoms with Gasteiger partial charge < -0.3 is 15.8 Å². The van der Waals surface area contributed by atoms with E-state index in [-0.39, 0.29) is 0 Å². The second kappa shape index (κ2) is 6.76. The van der Waals surface area contributed by atoms with Gasteiger partial charge in [0.1, 0.15) is 5.75 Å². The summed E-state index contributed by atoms with van der Waals surface area (Å²) in [7, 11) is 3.73. The zero-order valence-electron chi connectivity index (χ0n) is 12.2. The van der Waals surface area contributed by atoms with Crippen LogP contribution in [0.1, 0.15) is 36.1 Å². The van der Waals surface area contributed by atoms with Gasteiger partial charge in [0.05, 0.1) is 7.11 Å². The van der Waals surface area contributed by atoms with Gasteiger partial charge in [-0.05, 0) is 62.5 Å². The van der Waals surface area contributed by atoms with Crippen molar-refractivity contribution in [1.29, 1.82) is 0 Å². The van der Waals surface area contributed by atoms with E-state index in [0.29, 0.717) is 12.0 Å². The van der Waals surface area contributed by atoms with E-state index in [1.165, 1.54) is 16.7 Å². The summed E-state index contributed by atoms with van der Waals surface area (Å²) in [6, 6.07) is 4.56. The second-order valence-corrected chi connectivity index (χ2v) is 4.93. The first kappa shape index (κ1) is 15.0. The number of methoxy groups -OCH3 is 1. The van der Waals surface area contributed by atoms with Crippen LogP contribution in [-0.2, 0) is 0 Å². The molecule has 0 aliphatic rings. The summed E-state index contributed by atoms with van der Waals surface area (Å²) in [5, 5.41) is 3.41. The zero-order chi connectivity index (χ0) is 13.7. The molecular weight excluding hydrogens is 224 g/mol. The lowest BCUT2D eigenvalue weighted by Crippen LogP contribution is -2.26. The highest BCUT2D eigenvalue weighted by Gasteiger charge is 2.20. The third kappa shape index (κ3) is 3.03. The number of hydrogen-bond donors (Lipinski definition) is 2. The smallest absolute Gasteiger partial charge is 0.122 e. The van der Waals surface area contributed by atoms with Gasteiger partial charge in [-0.1, -0.05) is 13.0 Å². The predicted molar refractivity (Wildman–Crippen MR) is 77.1 cm³/mol. The molecule has 18 heavy (non-hydrogen) atoms. The Kier molecular flexibility index (Phi) is 5.63. The fourth-order valence-corrected chi connectivity index (χ4v) is 2.55. The van der Waals surface area contributed by atoms with Crippen LogP contribution in [-0.4, -0.2) is 20.7 Å². The fourth-order valence-electron chi connectivity index (χ4n) is 2.55. The standard InChI is InChI=1S/C15H26N2O/c1-10(8-9-16)15(17-4)13-6-7-14(18-5)12(3)11(13)2/h6-7,10,15,17H,8-9,16H2,1-5H3. The van der Waals surface area contributed by atoms with Crippen LogP contribution < -0.4 is 15.8 Å². The van der Waals surface area contributed by atoms with E-state index in [1.54, 1.807) is 7.11 Å². The van der Waals surface area contributed by atoms with Gasteiger partial charge in [-0.3, -0.25) is 0 Å². The minimum Gasteiger partial charge on any atom is -0.496 e. The lowest BCUT2D eigenvalue weighted by atomic mass is 9.88. The van der Waals surface area contributed by atoms with E-state index in [9.17, 15) is 0 Å². The molecule has 2 atom stereocenters. The summed E-state index contributed by atoms with van der Waals surface area (Å²) in [5.41, 5.74) is 9.53. The quantitative estimate of drug-likeness (QED) is 0.815. The van der Waals surface area contributed by atoms with Crippen molar-refractivity contribution in [2.24, 2.45) is 11.7 Å². The Morgan fingerprint density at radius 1 is 1.28 bits per heavy atom. The molecule has 3 nitrogen and oxygen atoms in total. The third-order valence-electron chi connectivity index (χ3n) is 3.84. The molecule has 0 aliphatic carbocycles. The first-order chi connectivity index (χ1) is 8.56. The van der Waals surface area contributed by atoms with Crippen molar-refractivity contribution in [2.75, 3.05) is 20.7 Å². The molecule has 1 rings (SSSR count). The molecule has 0 bridgehead atoms. The first-order valence-corrected chi connectivity index (χ1v) is 6.58. The molecular formula is C15H26N2O. The van der Waals surface area contributed by atoms with Crippen molar-refractivity contribution in [2.45, 2.75) is 33.2 Å². The van der Waals surface area contributed by atoms with Crippen LogP contribution in [0.25, 0.3) is 0 Å². The van der Waals surface area contributed by atoms with Crippen LogP contribution >= 0.6 is 0 Å². The lowest BCUT2D eigenvalue weighted by Gasteiger charge is -2.26. The Bertz CT molecular complexity index is 390. The Labute approximate surface area is 111 Å². The van der Waals surface area contributed by atoms with E-state index in [4.69, 9.17) is 10.5 Å². The highest BCUT2D eigenvalue weighted by Crippen LogP contribution is 2.31. The molecule has 0 saturated heterocycles. The Morgan fingerprint density at radius 2 is 1.94 bits per heavy atom. The molecule has 3 heteroatoms. The molecule has 0 aliphatic heterocycles. The highest BCUT2D eigenvalue weighted by atomic mass is 16.5. The largest absolute Gasteiger partial charge is 0.496 e. The molecule has 0 fully saturated rings. The number of ether oxygens (including phenoxy) is 1. The molecule has 0 amide bonds. The van der Waals surface area contributed by atoms with Gasteiger partial charge in [0.25, 0.3) is 0 Å². The van der Waals surface area contributed by atoms with Gasteiger partial charge in [0.2, 0.25) is 0 Å². The summed E-state index contributed by atoms with van der Waals surface area (Å²) in [4.78, 5) is 0. The summed E-state index contributed by atoms with van der Waals surface area (Å²) in [5.74, 6) is 1.48. The van der Waals surface area contributed by atoms with E-state index in [1.807, 2.05) is 7.05 Å². The normalized spacial score (nSPS) is 14.3. The van der Waals surface area contributed by atoms with Gasteiger partial charge in [0.15, 0.2) is 0 Å². The summed E-state index contributed by atoms with van der Waals surface area (Å²) in [6.07, 6.45) is 1.02. The van der Waals surface area contributed by atoms with E-state index in [2.05, 4.69) is 38.2 Å². The summed E-state index contributed by atoms with van der Waals surface area (Å²) >= 11 is 0. The monoisotopic (exact) mass is 250 g/mol. The lowest BCUT2D eigenvalue weighted by molar-refractivity contribution is 0.387. The van der Waals surface area contributed by atoms with E-state index < -0.39 is 0 Å². The van der Waals surface area contributed by atoms with Crippen molar-refractivity contribution in [3.63, 3.8) is 0 Å². The van der Waals surface area contributed by atoms with Crippen LogP contribution in [0.15, 0.2) is 12.1 Å². The SMILES string of the molecule is CNC(c1ccc(OC)c(C)c1C)C(C)CCN. The van der Waals surface area contributed by atoms with E-state index in [0.717, 1.165) is 18.7 Å². The average Bonchev–Trinajstić information content (AvgIpc) is 2.36. The number of rotatable bonds is 6. The third-order valence-corrected chi connectivity index (χ3v) is 3.84. The van der Waals surface area contributed by atoms with E-state index >= 15 is 0 Å². The Balaban J connectivity index is 3.10. The second-order valence-electron chi connectivity index (χ2n) is 4.93. The first-order valence-electron chi connectivity index (χ1n) is 6.58. The summed E-state index contributed by atoms with van der Waals surface area (Å²) < 4.78 is 5.36. The molecule has 0 heterocycles. The van der Waals surface area contributed by atoms with Crippen molar-refractivity contribution < 1.29 is 4.74 Å². The zero-order valence-corrected chi connectivity index (χ0v) is 12.2. The molecule has 1 aromatic carbocycles. The Hall–Kier alpha value is -1.06. The van der Waals surface area contributed by atoms with Crippen LogP contribution in [0.4, 0.5) is 0 Å². The number of nitrogens with two attached hydrogens (primary N) is 1. The number of nitrogens with one attached hydrogen (secondary N) is 1. The fraction of sp³-hybridized carbons (Fsp3) is 0.600. The predicted octanol–water partition coefficient (Wildman–Crippen LogP) is 2.56. The highest BCUT2D eigenvalue weighted by molar-refractivity contribution is 5.44. The molecule has 0 radical (unpaired) electrons. The molecule has 102 valence electrons. The topological polar surface area (TPSA) is 47.3 Å². The van der Waals surface area contributed by atoms with Gasteiger partial charge in [-0.15, -0.1) is 0 Å². The minimum atomic E-state index is 0.346. The van der Waals surface area contributed by atoms with Gasteiger partial charge in [-0.2, -0.15) is 0 Å². The molecule has 1 aromatic rings. The van der Waals surface area contributed by atoms with Crippen LogP contribution in [0.3, 0.4) is 0 Å². The van der Waals surface area contributed by atoms with Crippen molar-refractivity contribution in [1.82, 2.24) is 5.32 Å². The number of benzene rings is 1. The molecule has 0 saturated carbocycles. The van der Waals surface area contributed by atoms with Crippen LogP contribution in [0.2, 0.25) is 0 Å². The molecule has 0 spiro atoms. The van der Waals surface area contributed by atoms with Crippen LogP contribution in [0, 0.1) is 19.8 Å². The maximum Gasteiger partial charge on any atom is 0.122 e. The Morgan fingerprint density at radius 3 is 2.44 bits per heavy atom. The average molecular weight is 250 g/mol. The molecule has 3 N–H and O–H groups in total. The maximum atomic E-state index is 5.67. The number of hydrogen-bond acceptors (Lipinski definition) is 3. The van der Waals surface area contributed by atoms with Gasteiger partial charge in [0, 0.05) is 6.04 Å². The summed E-state index contributed by atoms with van der Waals surface area (Å²) in [6.45, 7) is 7.24. The maximum absolute atomic E-state index is 5.67. The molecule has 2 unspecified atom stereocenters. The molecule has 0 aromatic heterocycles. The van der Waals surface area contributed by atoms with Gasteiger partial charge >= 0.3 is 0 Å². The van der Waals surface area contributed by atoms with Crippen molar-refractivity contribution in [3.05, 3.63) is 28.8 Å². The minimum absolute atomic E-state index is 0.346. The van der Waals surface area contributed by atoms with Crippen LogP contribution in [0.5, 0.6) is 5.75 Å². The van der Waals surface area contributed by atoms with Crippen molar-refractivity contribution in [3.8, 4) is 5.75 Å².